The van der Waals surface area contributed by atoms with E-state index in [-0.39, 0.29) is 0 Å². The molecule has 78 valence electrons. The smallest absolute Gasteiger partial charge is 0.231 e. The molecule has 1 atom stereocenters. The zero-order valence-corrected chi connectivity index (χ0v) is 8.79. The van der Waals surface area contributed by atoms with Crippen molar-refractivity contribution >= 4 is 0 Å². The van der Waals surface area contributed by atoms with Crippen molar-refractivity contribution in [1.29, 1.82) is 0 Å². The third-order valence-corrected chi connectivity index (χ3v) is 2.48. The van der Waals surface area contributed by atoms with Gasteiger partial charge in [-0.1, -0.05) is 19.0 Å². The second-order valence-corrected chi connectivity index (χ2v) is 4.34. The van der Waals surface area contributed by atoms with Crippen LogP contribution in [0.25, 0.3) is 0 Å². The molecule has 2 heterocycles. The lowest BCUT2D eigenvalue weighted by atomic mass is 10.1. The molecule has 0 saturated carbocycles. The van der Waals surface area contributed by atoms with Crippen molar-refractivity contribution in [2.24, 2.45) is 5.92 Å². The molecule has 14 heavy (non-hydrogen) atoms. The third kappa shape index (κ3) is 2.12. The van der Waals surface area contributed by atoms with Crippen LogP contribution in [0.5, 0.6) is 0 Å². The van der Waals surface area contributed by atoms with Crippen molar-refractivity contribution in [1.82, 2.24) is 15.5 Å². The van der Waals surface area contributed by atoms with Crippen LogP contribution < -0.4 is 5.32 Å². The Kier molecular flexibility index (Phi) is 2.82. The summed E-state index contributed by atoms with van der Waals surface area (Å²) in [5, 5.41) is 7.28. The predicted molar refractivity (Wildman–Crippen MR) is 53.1 cm³/mol. The van der Waals surface area contributed by atoms with Gasteiger partial charge in [0.15, 0.2) is 5.82 Å². The summed E-state index contributed by atoms with van der Waals surface area (Å²) in [5.41, 5.74) is 0. The molecule has 1 aromatic rings. The van der Waals surface area contributed by atoms with Crippen LogP contribution in [-0.2, 0) is 6.42 Å². The summed E-state index contributed by atoms with van der Waals surface area (Å²) in [6, 6.07) is 0. The van der Waals surface area contributed by atoms with Crippen molar-refractivity contribution in [3.8, 4) is 0 Å². The predicted octanol–water partition coefficient (Wildman–Crippen LogP) is 1.34. The van der Waals surface area contributed by atoms with E-state index < -0.39 is 0 Å². The molecule has 2 rings (SSSR count). The fraction of sp³-hybridized carbons (Fsp3) is 0.800. The average molecular weight is 195 g/mol. The van der Waals surface area contributed by atoms with Gasteiger partial charge in [-0.2, -0.15) is 4.98 Å². The van der Waals surface area contributed by atoms with Gasteiger partial charge in [-0.25, -0.2) is 0 Å². The minimum absolute atomic E-state index is 0.434. The minimum atomic E-state index is 0.434. The van der Waals surface area contributed by atoms with Crippen LogP contribution in [-0.4, -0.2) is 23.2 Å². The number of aromatic nitrogens is 2. The number of hydrogen-bond acceptors (Lipinski definition) is 4. The van der Waals surface area contributed by atoms with Crippen molar-refractivity contribution in [2.75, 3.05) is 13.1 Å². The summed E-state index contributed by atoms with van der Waals surface area (Å²) >= 11 is 0. The highest BCUT2D eigenvalue weighted by molar-refractivity contribution is 4.98. The van der Waals surface area contributed by atoms with Crippen LogP contribution in [0.2, 0.25) is 0 Å². The molecule has 1 N–H and O–H groups in total. The van der Waals surface area contributed by atoms with Crippen LogP contribution in [0, 0.1) is 5.92 Å². The Morgan fingerprint density at radius 2 is 2.43 bits per heavy atom. The van der Waals surface area contributed by atoms with Crippen LogP contribution in [0.3, 0.4) is 0 Å². The van der Waals surface area contributed by atoms with Gasteiger partial charge in [0.2, 0.25) is 5.89 Å². The van der Waals surface area contributed by atoms with Gasteiger partial charge < -0.3 is 9.84 Å². The zero-order valence-electron chi connectivity index (χ0n) is 8.79. The highest BCUT2D eigenvalue weighted by Gasteiger charge is 2.22. The summed E-state index contributed by atoms with van der Waals surface area (Å²) in [5.74, 6) is 2.68. The molecular weight excluding hydrogens is 178 g/mol. The SMILES string of the molecule is CC(C)Cc1noc(C2CCNC2)n1. The first-order valence-electron chi connectivity index (χ1n) is 5.29. The Hall–Kier alpha value is -0.900. The number of nitrogens with zero attached hydrogens (tertiary/aromatic N) is 2. The van der Waals surface area contributed by atoms with E-state index in [4.69, 9.17) is 4.52 Å². The number of nitrogens with one attached hydrogen (secondary N) is 1. The molecule has 1 aliphatic rings. The summed E-state index contributed by atoms with van der Waals surface area (Å²) in [7, 11) is 0. The van der Waals surface area contributed by atoms with Crippen molar-refractivity contribution in [2.45, 2.75) is 32.6 Å². The van der Waals surface area contributed by atoms with Gasteiger partial charge >= 0.3 is 0 Å². The van der Waals surface area contributed by atoms with Gasteiger partial charge in [-0.05, 0) is 18.9 Å². The Morgan fingerprint density at radius 1 is 1.57 bits per heavy atom. The van der Waals surface area contributed by atoms with E-state index in [1.165, 1.54) is 0 Å². The Balaban J connectivity index is 2.01. The Labute approximate surface area is 84.1 Å². The monoisotopic (exact) mass is 195 g/mol. The van der Waals surface area contributed by atoms with Crippen molar-refractivity contribution < 1.29 is 4.52 Å². The summed E-state index contributed by atoms with van der Waals surface area (Å²) in [6.07, 6.45) is 2.02. The molecule has 0 bridgehead atoms. The minimum Gasteiger partial charge on any atom is -0.339 e. The van der Waals surface area contributed by atoms with E-state index in [9.17, 15) is 0 Å². The standard InChI is InChI=1S/C10H17N3O/c1-7(2)5-9-12-10(14-13-9)8-3-4-11-6-8/h7-8,11H,3-6H2,1-2H3. The van der Waals surface area contributed by atoms with Gasteiger partial charge in [-0.3, -0.25) is 0 Å². The fourth-order valence-electron chi connectivity index (χ4n) is 1.75. The zero-order chi connectivity index (χ0) is 9.97. The topological polar surface area (TPSA) is 51.0 Å². The molecule has 0 amide bonds. The van der Waals surface area contributed by atoms with Crippen LogP contribution >= 0.6 is 0 Å². The summed E-state index contributed by atoms with van der Waals surface area (Å²) < 4.78 is 5.25. The number of rotatable bonds is 3. The molecule has 0 aromatic carbocycles. The lowest BCUT2D eigenvalue weighted by Crippen LogP contribution is -2.08. The van der Waals surface area contributed by atoms with E-state index in [2.05, 4.69) is 29.3 Å². The molecule has 1 fully saturated rings. The van der Waals surface area contributed by atoms with Gasteiger partial charge in [0.25, 0.3) is 0 Å². The Bertz CT molecular complexity index is 289. The second kappa shape index (κ2) is 4.09. The maximum Gasteiger partial charge on any atom is 0.231 e. The fourth-order valence-corrected chi connectivity index (χ4v) is 1.75. The number of hydrogen-bond donors (Lipinski definition) is 1. The lowest BCUT2D eigenvalue weighted by molar-refractivity contribution is 0.353. The first-order chi connectivity index (χ1) is 6.75. The molecule has 1 unspecified atom stereocenters. The van der Waals surface area contributed by atoms with E-state index in [1.54, 1.807) is 0 Å². The summed E-state index contributed by atoms with van der Waals surface area (Å²) in [4.78, 5) is 4.41. The van der Waals surface area contributed by atoms with E-state index in [0.29, 0.717) is 11.8 Å². The van der Waals surface area contributed by atoms with E-state index >= 15 is 0 Å². The molecule has 4 heteroatoms. The van der Waals surface area contributed by atoms with Crippen LogP contribution in [0.4, 0.5) is 0 Å². The maximum atomic E-state index is 5.25. The van der Waals surface area contributed by atoms with Crippen LogP contribution in [0.1, 0.15) is 37.9 Å². The van der Waals surface area contributed by atoms with Gasteiger partial charge in [0.1, 0.15) is 0 Å². The Morgan fingerprint density at radius 3 is 3.07 bits per heavy atom. The molecule has 0 radical (unpaired) electrons. The lowest BCUT2D eigenvalue weighted by Gasteiger charge is -1.99. The van der Waals surface area contributed by atoms with Gasteiger partial charge in [0.05, 0.1) is 5.92 Å². The highest BCUT2D eigenvalue weighted by Crippen LogP contribution is 2.20. The maximum absolute atomic E-state index is 5.25. The molecule has 1 aromatic heterocycles. The molecule has 0 aliphatic carbocycles. The summed E-state index contributed by atoms with van der Waals surface area (Å²) in [6.45, 7) is 6.36. The highest BCUT2D eigenvalue weighted by atomic mass is 16.5. The second-order valence-electron chi connectivity index (χ2n) is 4.34. The van der Waals surface area contributed by atoms with E-state index in [0.717, 1.165) is 37.6 Å². The van der Waals surface area contributed by atoms with E-state index in [1.807, 2.05) is 0 Å². The molecule has 0 spiro atoms. The first-order valence-corrected chi connectivity index (χ1v) is 5.29. The van der Waals surface area contributed by atoms with Crippen LogP contribution in [0.15, 0.2) is 4.52 Å². The molecule has 1 saturated heterocycles. The van der Waals surface area contributed by atoms with Crippen molar-refractivity contribution in [3.05, 3.63) is 11.7 Å². The normalized spacial score (nSPS) is 22.1. The molecular formula is C10H17N3O. The van der Waals surface area contributed by atoms with Gasteiger partial charge in [-0.15, -0.1) is 0 Å². The first kappa shape index (κ1) is 9.65. The van der Waals surface area contributed by atoms with Gasteiger partial charge in [0, 0.05) is 13.0 Å². The largest absolute Gasteiger partial charge is 0.339 e. The third-order valence-electron chi connectivity index (χ3n) is 2.48. The quantitative estimate of drug-likeness (QED) is 0.791. The molecule has 1 aliphatic heterocycles. The molecule has 4 nitrogen and oxygen atoms in total. The average Bonchev–Trinajstić information content (AvgIpc) is 2.69. The van der Waals surface area contributed by atoms with Crippen molar-refractivity contribution in [3.63, 3.8) is 0 Å².